The van der Waals surface area contributed by atoms with Crippen molar-refractivity contribution in [3.63, 3.8) is 0 Å². The highest BCUT2D eigenvalue weighted by Crippen LogP contribution is 2.57. The van der Waals surface area contributed by atoms with E-state index in [9.17, 15) is 9.18 Å². The molecule has 1 amide bonds. The average Bonchev–Trinajstić information content (AvgIpc) is 3.41. The minimum Gasteiger partial charge on any atom is -0.492 e. The van der Waals surface area contributed by atoms with Gasteiger partial charge < -0.3 is 23.8 Å². The molecule has 0 aromatic heterocycles. The molecule has 0 radical (unpaired) electrons. The number of nitrogens with one attached hydrogen (secondary N) is 1. The lowest BCUT2D eigenvalue weighted by molar-refractivity contribution is -0.115. The van der Waals surface area contributed by atoms with Gasteiger partial charge in [-0.05, 0) is 33.6 Å². The van der Waals surface area contributed by atoms with Crippen LogP contribution in [0.1, 0.15) is 24.2 Å². The van der Waals surface area contributed by atoms with Crippen LogP contribution in [0.25, 0.3) is 0 Å². The summed E-state index contributed by atoms with van der Waals surface area (Å²) in [6.07, 6.45) is 0.664. The highest BCUT2D eigenvalue weighted by atomic mass is 79.9. The molecule has 2 heterocycles. The van der Waals surface area contributed by atoms with Crippen LogP contribution < -0.4 is 24.4 Å². The number of hydrazone groups is 1. The van der Waals surface area contributed by atoms with Crippen LogP contribution in [-0.4, -0.2) is 38.8 Å². The number of oxime groups is 1. The van der Waals surface area contributed by atoms with Crippen molar-refractivity contribution in [3.05, 3.63) is 45.7 Å². The summed E-state index contributed by atoms with van der Waals surface area (Å²) in [5.41, 5.74) is 3.59. The Morgan fingerprint density at radius 3 is 2.75 bits per heavy atom. The van der Waals surface area contributed by atoms with E-state index in [-0.39, 0.29) is 12.5 Å². The summed E-state index contributed by atoms with van der Waals surface area (Å²) < 4.78 is 35.9. The predicted octanol–water partition coefficient (Wildman–Crippen LogP) is 3.55. The number of fused-ring (bicyclic) bond motifs is 1. The van der Waals surface area contributed by atoms with Gasteiger partial charge in [0.15, 0.2) is 23.3 Å². The number of hydrogen-bond acceptors (Lipinski definition) is 8. The number of benzene rings is 2. The van der Waals surface area contributed by atoms with Crippen molar-refractivity contribution in [1.29, 1.82) is 0 Å². The van der Waals surface area contributed by atoms with Gasteiger partial charge in [-0.2, -0.15) is 5.10 Å². The van der Waals surface area contributed by atoms with E-state index in [0.717, 1.165) is 0 Å². The Hall–Kier alpha value is -3.34. The molecule has 0 spiro atoms. The van der Waals surface area contributed by atoms with Crippen molar-refractivity contribution in [2.45, 2.75) is 13.0 Å². The van der Waals surface area contributed by atoms with E-state index in [2.05, 4.69) is 31.6 Å². The number of nitrogens with zero attached hydrogens (tertiary/aromatic N) is 2. The fourth-order valence-corrected chi connectivity index (χ4v) is 4.19. The van der Waals surface area contributed by atoms with Crippen LogP contribution in [0.2, 0.25) is 0 Å². The first kappa shape index (κ1) is 21.9. The van der Waals surface area contributed by atoms with E-state index in [1.165, 1.54) is 32.6 Å². The highest BCUT2D eigenvalue weighted by molar-refractivity contribution is 9.10. The van der Waals surface area contributed by atoms with Gasteiger partial charge in [-0.1, -0.05) is 24.2 Å². The quantitative estimate of drug-likeness (QED) is 0.474. The number of methoxy groups -OCH3 is 2. The summed E-state index contributed by atoms with van der Waals surface area (Å²) >= 11 is 3.53. The van der Waals surface area contributed by atoms with E-state index in [1.54, 1.807) is 19.1 Å². The smallest absolute Gasteiger partial charge is 0.289 e. The van der Waals surface area contributed by atoms with Crippen LogP contribution in [-0.2, 0) is 9.63 Å². The maximum absolute atomic E-state index is 13.3. The molecule has 2 aromatic carbocycles. The third kappa shape index (κ3) is 3.83. The zero-order valence-electron chi connectivity index (χ0n) is 17.3. The number of halogens is 2. The molecule has 2 aliphatic heterocycles. The van der Waals surface area contributed by atoms with Crippen molar-refractivity contribution in [2.24, 2.45) is 16.2 Å². The average molecular weight is 508 g/mol. The molecule has 0 saturated heterocycles. The van der Waals surface area contributed by atoms with E-state index in [0.29, 0.717) is 38.6 Å². The molecule has 32 heavy (non-hydrogen) atoms. The predicted molar refractivity (Wildman–Crippen MR) is 116 cm³/mol. The van der Waals surface area contributed by atoms with Gasteiger partial charge in [0.25, 0.3) is 5.91 Å². The Bertz CT molecular complexity index is 1120. The molecule has 4 rings (SSSR count). The first-order chi connectivity index (χ1) is 15.5. The van der Waals surface area contributed by atoms with Crippen molar-refractivity contribution in [2.75, 3.05) is 21.0 Å². The highest BCUT2D eigenvalue weighted by Gasteiger charge is 2.42. The van der Waals surface area contributed by atoms with Crippen LogP contribution in [0.5, 0.6) is 23.0 Å². The van der Waals surface area contributed by atoms with E-state index < -0.39 is 23.7 Å². The molecule has 2 unspecified atom stereocenters. The standard InChI is InChI=1S/C21H19BrFN3O6/c1-10-15(21(27)25-24-8-11-5-4-6-12(23)7-11)26-32-16(10)13-14(22)18-20(31-9-30-18)19(29-3)17(13)28-2/h4-8,10,16H,9H2,1-3H3,(H,25,27)/b24-8+. The topological polar surface area (TPSA) is 100.0 Å². The van der Waals surface area contributed by atoms with Crippen molar-refractivity contribution in [3.8, 4) is 23.0 Å². The van der Waals surface area contributed by atoms with Crippen molar-refractivity contribution >= 4 is 33.8 Å². The van der Waals surface area contributed by atoms with Crippen LogP contribution >= 0.6 is 15.9 Å². The summed E-state index contributed by atoms with van der Waals surface area (Å²) in [5.74, 6) is 0.185. The van der Waals surface area contributed by atoms with Gasteiger partial charge in [0.2, 0.25) is 18.3 Å². The van der Waals surface area contributed by atoms with Gasteiger partial charge in [-0.15, -0.1) is 0 Å². The second-order valence-corrected chi connectivity index (χ2v) is 7.70. The number of amides is 1. The van der Waals surface area contributed by atoms with Gasteiger partial charge >= 0.3 is 0 Å². The van der Waals surface area contributed by atoms with Crippen molar-refractivity contribution in [1.82, 2.24) is 5.43 Å². The number of carbonyl (C=O) groups excluding carboxylic acids is 1. The molecule has 9 nitrogen and oxygen atoms in total. The Labute approximate surface area is 191 Å². The van der Waals surface area contributed by atoms with Crippen LogP contribution in [0.3, 0.4) is 0 Å². The van der Waals surface area contributed by atoms with Gasteiger partial charge in [0.1, 0.15) is 5.82 Å². The zero-order chi connectivity index (χ0) is 22.8. The summed E-state index contributed by atoms with van der Waals surface area (Å²) in [5, 5.41) is 7.83. The lowest BCUT2D eigenvalue weighted by Crippen LogP contribution is -2.31. The summed E-state index contributed by atoms with van der Waals surface area (Å²) in [6, 6.07) is 5.82. The number of hydrogen-bond donors (Lipinski definition) is 1. The van der Waals surface area contributed by atoms with Crippen molar-refractivity contribution < 1.29 is 33.0 Å². The SMILES string of the molecule is COc1c2c(c(Br)c(C3ON=C(C(=O)N/N=C/c4cccc(F)c4)C3C)c1OC)OCO2. The molecule has 0 saturated carbocycles. The lowest BCUT2D eigenvalue weighted by Gasteiger charge is -2.22. The van der Waals surface area contributed by atoms with E-state index in [4.69, 9.17) is 23.8 Å². The zero-order valence-corrected chi connectivity index (χ0v) is 18.9. The molecule has 2 aromatic rings. The third-order valence-corrected chi connectivity index (χ3v) is 5.80. The molecule has 0 aliphatic carbocycles. The molecular formula is C21H19BrFN3O6. The molecule has 2 aliphatic rings. The molecule has 1 N–H and O–H groups in total. The molecule has 0 bridgehead atoms. The van der Waals surface area contributed by atoms with E-state index in [1.807, 2.05) is 0 Å². The first-order valence-corrected chi connectivity index (χ1v) is 10.3. The summed E-state index contributed by atoms with van der Waals surface area (Å²) in [4.78, 5) is 18.2. The second-order valence-electron chi connectivity index (χ2n) is 6.90. The Morgan fingerprint density at radius 2 is 2.03 bits per heavy atom. The minimum absolute atomic E-state index is 0.0332. The molecule has 0 fully saturated rings. The molecule has 168 valence electrons. The van der Waals surface area contributed by atoms with Gasteiger partial charge in [-0.3, -0.25) is 4.79 Å². The fraction of sp³-hybridized carbons (Fsp3) is 0.286. The second kappa shape index (κ2) is 9.03. The largest absolute Gasteiger partial charge is 0.492 e. The fourth-order valence-electron chi connectivity index (χ4n) is 3.49. The Morgan fingerprint density at radius 1 is 1.28 bits per heavy atom. The normalized spacial score (nSPS) is 19.0. The van der Waals surface area contributed by atoms with Crippen LogP contribution in [0, 0.1) is 11.7 Å². The molecule has 11 heteroatoms. The number of rotatable bonds is 6. The summed E-state index contributed by atoms with van der Waals surface area (Å²) in [7, 11) is 2.98. The minimum atomic E-state index is -0.671. The molecule has 2 atom stereocenters. The monoisotopic (exact) mass is 507 g/mol. The maximum atomic E-state index is 13.3. The lowest BCUT2D eigenvalue weighted by atomic mass is 9.92. The molecular weight excluding hydrogens is 489 g/mol. The van der Waals surface area contributed by atoms with Gasteiger partial charge in [-0.25, -0.2) is 9.82 Å². The van der Waals surface area contributed by atoms with E-state index >= 15 is 0 Å². The summed E-state index contributed by atoms with van der Waals surface area (Å²) in [6.45, 7) is 1.82. The van der Waals surface area contributed by atoms with Crippen LogP contribution in [0.15, 0.2) is 39.0 Å². The first-order valence-electron chi connectivity index (χ1n) is 9.51. The number of ether oxygens (including phenoxy) is 4. The Kier molecular flexibility index (Phi) is 6.17. The third-order valence-electron chi connectivity index (χ3n) is 5.01. The Balaban J connectivity index is 1.56. The van der Waals surface area contributed by atoms with Gasteiger partial charge in [0.05, 0.1) is 36.4 Å². The number of carbonyl (C=O) groups is 1. The van der Waals surface area contributed by atoms with Crippen LogP contribution in [0.4, 0.5) is 4.39 Å². The van der Waals surface area contributed by atoms with Gasteiger partial charge in [0, 0.05) is 0 Å². The maximum Gasteiger partial charge on any atom is 0.289 e.